The van der Waals surface area contributed by atoms with Gasteiger partial charge in [-0.3, -0.25) is 4.90 Å². The summed E-state index contributed by atoms with van der Waals surface area (Å²) in [5.74, 6) is 0.930. The van der Waals surface area contributed by atoms with Crippen molar-refractivity contribution in [2.45, 2.75) is 46.5 Å². The van der Waals surface area contributed by atoms with E-state index >= 15 is 0 Å². The minimum atomic E-state index is 0.0783. The number of rotatable bonds is 5. The second kappa shape index (κ2) is 12.4. The van der Waals surface area contributed by atoms with E-state index in [-0.39, 0.29) is 10.8 Å². The normalized spacial score (nSPS) is 24.9. The fourth-order valence-corrected chi connectivity index (χ4v) is 3.77. The van der Waals surface area contributed by atoms with Gasteiger partial charge in [0.15, 0.2) is 0 Å². The molecule has 0 bridgehead atoms. The first-order chi connectivity index (χ1) is 13.5. The molecule has 7 nitrogen and oxygen atoms in total. The summed E-state index contributed by atoms with van der Waals surface area (Å²) in [7, 11) is 0. The predicted octanol–water partition coefficient (Wildman–Crippen LogP) is 0.304. The van der Waals surface area contributed by atoms with Gasteiger partial charge in [-0.05, 0) is 69.7 Å². The fraction of sp³-hybridized carbons (Fsp3) is 1.00. The Bertz CT molecular complexity index is 388. The maximum atomic E-state index is 6.27. The van der Waals surface area contributed by atoms with E-state index in [9.17, 15) is 0 Å². The highest BCUT2D eigenvalue weighted by molar-refractivity contribution is 4.94. The summed E-state index contributed by atoms with van der Waals surface area (Å²) in [6.07, 6.45) is 5.08. The van der Waals surface area contributed by atoms with Crippen molar-refractivity contribution in [3.63, 3.8) is 0 Å². The highest BCUT2D eigenvalue weighted by atomic mass is 15.3. The molecule has 1 aliphatic heterocycles. The number of nitrogens with two attached hydrogens (primary N) is 1. The summed E-state index contributed by atoms with van der Waals surface area (Å²) in [5.41, 5.74) is 6.51. The lowest BCUT2D eigenvalue weighted by molar-refractivity contribution is 0.0917. The van der Waals surface area contributed by atoms with Crippen LogP contribution in [0, 0.1) is 16.7 Å². The Hall–Kier alpha value is -0.280. The molecule has 0 spiro atoms. The molecule has 0 atom stereocenters. The minimum absolute atomic E-state index is 0.0783. The smallest absolute Gasteiger partial charge is 0.0505 e. The molecule has 0 aromatic carbocycles. The molecule has 0 unspecified atom stereocenters. The van der Waals surface area contributed by atoms with Gasteiger partial charge < -0.3 is 32.3 Å². The molecule has 2 rings (SSSR count). The van der Waals surface area contributed by atoms with E-state index in [2.05, 4.69) is 52.3 Å². The standard InChI is InChI=1S/C21H47N7/c1-20(2,3)21(13-22)14-23-8-4-10-25-16-28(18-27-12-19-6-7-19)17-26-11-5-9-24-15-21/h19,23-27H,4-18,22H2,1-3H3. The third-order valence-corrected chi connectivity index (χ3v) is 6.46. The lowest BCUT2D eigenvalue weighted by Gasteiger charge is -2.45. The molecule has 166 valence electrons. The van der Waals surface area contributed by atoms with Crippen LogP contribution in [0.1, 0.15) is 46.5 Å². The maximum Gasteiger partial charge on any atom is 0.0505 e. The van der Waals surface area contributed by atoms with Gasteiger partial charge in [-0.25, -0.2) is 0 Å². The summed E-state index contributed by atoms with van der Waals surface area (Å²) in [4.78, 5) is 2.42. The van der Waals surface area contributed by atoms with Gasteiger partial charge in [0.2, 0.25) is 0 Å². The molecule has 7 heteroatoms. The zero-order valence-corrected chi connectivity index (χ0v) is 18.7. The quantitative estimate of drug-likeness (QED) is 0.398. The molecule has 2 aliphatic rings. The number of nitrogens with zero attached hydrogens (tertiary/aromatic N) is 1. The van der Waals surface area contributed by atoms with E-state index in [1.165, 1.54) is 19.4 Å². The van der Waals surface area contributed by atoms with E-state index < -0.39 is 0 Å². The molecule has 1 aliphatic carbocycles. The lowest BCUT2D eigenvalue weighted by Crippen LogP contribution is -2.55. The van der Waals surface area contributed by atoms with Crippen LogP contribution in [0.3, 0.4) is 0 Å². The molecular formula is C21H47N7. The summed E-state index contributed by atoms with van der Waals surface area (Å²) in [5, 5.41) is 18.2. The minimum Gasteiger partial charge on any atom is -0.330 e. The summed E-state index contributed by atoms with van der Waals surface area (Å²) >= 11 is 0. The molecule has 28 heavy (non-hydrogen) atoms. The molecule has 0 amide bonds. The van der Waals surface area contributed by atoms with Gasteiger partial charge in [-0.2, -0.15) is 0 Å². The molecule has 0 aromatic rings. The molecule has 1 heterocycles. The zero-order valence-electron chi connectivity index (χ0n) is 18.7. The van der Waals surface area contributed by atoms with Crippen LogP contribution >= 0.6 is 0 Å². The van der Waals surface area contributed by atoms with Crippen molar-refractivity contribution in [3.05, 3.63) is 0 Å². The first-order valence-corrected chi connectivity index (χ1v) is 11.4. The van der Waals surface area contributed by atoms with Crippen molar-refractivity contribution in [1.29, 1.82) is 0 Å². The Morgan fingerprint density at radius 2 is 1.46 bits per heavy atom. The number of hydrogen-bond acceptors (Lipinski definition) is 7. The van der Waals surface area contributed by atoms with Crippen LogP contribution < -0.4 is 32.3 Å². The molecule has 0 aromatic heterocycles. The van der Waals surface area contributed by atoms with Crippen LogP contribution in [-0.2, 0) is 0 Å². The number of hydrogen-bond donors (Lipinski definition) is 6. The Morgan fingerprint density at radius 1 is 0.929 bits per heavy atom. The lowest BCUT2D eigenvalue weighted by atomic mass is 9.66. The van der Waals surface area contributed by atoms with Crippen molar-refractivity contribution in [1.82, 2.24) is 31.5 Å². The van der Waals surface area contributed by atoms with Gasteiger partial charge in [-0.15, -0.1) is 0 Å². The second-order valence-corrected chi connectivity index (χ2v) is 9.84. The van der Waals surface area contributed by atoms with E-state index in [1.54, 1.807) is 0 Å². The average Bonchev–Trinajstić information content (AvgIpc) is 3.46. The van der Waals surface area contributed by atoms with E-state index in [4.69, 9.17) is 5.73 Å². The fourth-order valence-electron chi connectivity index (χ4n) is 3.77. The van der Waals surface area contributed by atoms with Crippen molar-refractivity contribution in [2.24, 2.45) is 22.5 Å². The van der Waals surface area contributed by atoms with Gasteiger partial charge >= 0.3 is 0 Å². The Balaban J connectivity index is 1.78. The summed E-state index contributed by atoms with van der Waals surface area (Å²) in [6, 6.07) is 0. The van der Waals surface area contributed by atoms with Crippen LogP contribution in [0.2, 0.25) is 0 Å². The van der Waals surface area contributed by atoms with Gasteiger partial charge in [0.1, 0.15) is 0 Å². The van der Waals surface area contributed by atoms with Gasteiger partial charge in [-0.1, -0.05) is 20.8 Å². The molecule has 2 fully saturated rings. The summed E-state index contributed by atoms with van der Waals surface area (Å²) in [6.45, 7) is 17.7. The highest BCUT2D eigenvalue weighted by Gasteiger charge is 2.40. The molecule has 7 N–H and O–H groups in total. The average molecular weight is 398 g/mol. The van der Waals surface area contributed by atoms with Crippen LogP contribution in [0.25, 0.3) is 0 Å². The second-order valence-electron chi connectivity index (χ2n) is 9.84. The first kappa shape index (κ1) is 24.0. The third kappa shape index (κ3) is 8.61. The van der Waals surface area contributed by atoms with E-state index in [0.717, 1.165) is 78.0 Å². The van der Waals surface area contributed by atoms with Crippen molar-refractivity contribution in [2.75, 3.05) is 72.4 Å². The summed E-state index contributed by atoms with van der Waals surface area (Å²) < 4.78 is 0. The number of nitrogens with one attached hydrogen (secondary N) is 5. The van der Waals surface area contributed by atoms with Gasteiger partial charge in [0.25, 0.3) is 0 Å². The van der Waals surface area contributed by atoms with Gasteiger partial charge in [0, 0.05) is 25.0 Å². The molecule has 0 radical (unpaired) electrons. The largest absolute Gasteiger partial charge is 0.330 e. The maximum absolute atomic E-state index is 6.27. The SMILES string of the molecule is CC(C)(C)C1(CN)CNCCCNCN(CNCC2CC2)CNCCCNC1. The molecule has 1 saturated carbocycles. The monoisotopic (exact) mass is 397 g/mol. The topological polar surface area (TPSA) is 89.4 Å². The first-order valence-electron chi connectivity index (χ1n) is 11.4. The highest BCUT2D eigenvalue weighted by Crippen LogP contribution is 2.37. The molecular weight excluding hydrogens is 350 g/mol. The zero-order chi connectivity index (χ0) is 20.3. The van der Waals surface area contributed by atoms with Crippen molar-refractivity contribution < 1.29 is 0 Å². The Labute approximate surface area is 173 Å². The van der Waals surface area contributed by atoms with E-state index in [0.29, 0.717) is 6.54 Å². The van der Waals surface area contributed by atoms with E-state index in [1.807, 2.05) is 0 Å². The van der Waals surface area contributed by atoms with Gasteiger partial charge in [0.05, 0.1) is 20.0 Å². The van der Waals surface area contributed by atoms with Crippen LogP contribution in [0.4, 0.5) is 0 Å². The predicted molar refractivity (Wildman–Crippen MR) is 119 cm³/mol. The Morgan fingerprint density at radius 3 is 1.93 bits per heavy atom. The molecule has 1 saturated heterocycles. The third-order valence-electron chi connectivity index (χ3n) is 6.46. The van der Waals surface area contributed by atoms with Crippen LogP contribution in [0.5, 0.6) is 0 Å². The Kier molecular flexibility index (Phi) is 10.6. The van der Waals surface area contributed by atoms with Crippen molar-refractivity contribution >= 4 is 0 Å². The van der Waals surface area contributed by atoms with Crippen molar-refractivity contribution in [3.8, 4) is 0 Å². The van der Waals surface area contributed by atoms with Crippen LogP contribution in [-0.4, -0.2) is 77.3 Å². The van der Waals surface area contributed by atoms with Crippen LogP contribution in [0.15, 0.2) is 0 Å².